The number of benzene rings is 2. The number of thiazole rings is 1. The van der Waals surface area contributed by atoms with Gasteiger partial charge in [-0.05, 0) is 64.0 Å². The Labute approximate surface area is 177 Å². The number of esters is 1. The van der Waals surface area contributed by atoms with Crippen LogP contribution in [0.2, 0.25) is 0 Å². The number of ether oxygens (including phenoxy) is 1. The van der Waals surface area contributed by atoms with Crippen molar-refractivity contribution in [3.63, 3.8) is 0 Å². The highest BCUT2D eigenvalue weighted by Crippen LogP contribution is 2.28. The van der Waals surface area contributed by atoms with Gasteiger partial charge in [-0.1, -0.05) is 24.3 Å². The number of nitriles is 1. The first-order valence-corrected chi connectivity index (χ1v) is 10.6. The van der Waals surface area contributed by atoms with E-state index in [1.54, 1.807) is 42.5 Å². The summed E-state index contributed by atoms with van der Waals surface area (Å²) in [6, 6.07) is 20.6. The van der Waals surface area contributed by atoms with E-state index in [0.717, 1.165) is 19.6 Å². The number of rotatable bonds is 4. The van der Waals surface area contributed by atoms with Crippen molar-refractivity contribution in [2.75, 3.05) is 0 Å². The summed E-state index contributed by atoms with van der Waals surface area (Å²) in [4.78, 5) is 17.2. The van der Waals surface area contributed by atoms with E-state index in [4.69, 9.17) is 4.74 Å². The molecule has 2 aromatic carbocycles. The number of carbonyl (C=O) groups excluding carboxylic acids is 1. The monoisotopic (exact) mass is 466 g/mol. The van der Waals surface area contributed by atoms with Crippen LogP contribution in [-0.4, -0.2) is 11.0 Å². The highest BCUT2D eigenvalue weighted by molar-refractivity contribution is 9.11. The summed E-state index contributed by atoms with van der Waals surface area (Å²) in [6.07, 6.45) is 1.78. The molecule has 0 spiro atoms. The number of allylic oxidation sites excluding steroid dienone is 1. The first-order valence-electron chi connectivity index (χ1n) is 8.18. The second-order valence-corrected chi connectivity index (χ2v) is 9.21. The molecule has 4 nitrogen and oxygen atoms in total. The van der Waals surface area contributed by atoms with Crippen LogP contribution in [0.25, 0.3) is 21.9 Å². The second-order valence-electron chi connectivity index (χ2n) is 5.72. The van der Waals surface area contributed by atoms with Gasteiger partial charge in [0.15, 0.2) is 0 Å². The van der Waals surface area contributed by atoms with Gasteiger partial charge >= 0.3 is 5.97 Å². The van der Waals surface area contributed by atoms with Crippen LogP contribution >= 0.6 is 38.6 Å². The standard InChI is InChI=1S/C21H11BrN2O2S2/c22-19-10-9-18(27-19)21(25)26-15-7-5-13(6-8-15)11-14(12-23)20-24-16-3-1-2-4-17(16)28-20/h1-11H. The van der Waals surface area contributed by atoms with Crippen molar-refractivity contribution in [3.05, 3.63) is 79.9 Å². The zero-order valence-electron chi connectivity index (χ0n) is 14.3. The predicted molar refractivity (Wildman–Crippen MR) is 117 cm³/mol. The Morgan fingerprint density at radius 2 is 1.86 bits per heavy atom. The molecule has 0 saturated carbocycles. The molecule has 0 amide bonds. The number of halogens is 1. The van der Waals surface area contributed by atoms with Gasteiger partial charge < -0.3 is 4.74 Å². The summed E-state index contributed by atoms with van der Waals surface area (Å²) in [5, 5.41) is 10.2. The minimum Gasteiger partial charge on any atom is -0.422 e. The van der Waals surface area contributed by atoms with E-state index in [2.05, 4.69) is 27.0 Å². The molecule has 0 bridgehead atoms. The van der Waals surface area contributed by atoms with Crippen LogP contribution in [0.15, 0.2) is 64.5 Å². The van der Waals surface area contributed by atoms with Crippen molar-refractivity contribution in [2.24, 2.45) is 0 Å². The van der Waals surface area contributed by atoms with Crippen LogP contribution in [0, 0.1) is 11.3 Å². The Hall–Kier alpha value is -2.79. The van der Waals surface area contributed by atoms with Gasteiger partial charge in [-0.2, -0.15) is 5.26 Å². The molecule has 0 radical (unpaired) electrons. The number of nitrogens with zero attached hydrogens (tertiary/aromatic N) is 2. The molecular formula is C21H11BrN2O2S2. The smallest absolute Gasteiger partial charge is 0.353 e. The number of para-hydroxylation sites is 1. The molecule has 0 aliphatic carbocycles. The molecule has 136 valence electrons. The molecule has 0 aliphatic heterocycles. The van der Waals surface area contributed by atoms with Crippen LogP contribution < -0.4 is 4.74 Å². The molecule has 0 fully saturated rings. The number of thiophene rings is 1. The summed E-state index contributed by atoms with van der Waals surface area (Å²) >= 11 is 6.14. The number of fused-ring (bicyclic) bond motifs is 1. The summed E-state index contributed by atoms with van der Waals surface area (Å²) < 4.78 is 7.30. The maximum atomic E-state index is 12.1. The summed E-state index contributed by atoms with van der Waals surface area (Å²) in [6.45, 7) is 0. The van der Waals surface area contributed by atoms with Crippen molar-refractivity contribution < 1.29 is 9.53 Å². The molecule has 28 heavy (non-hydrogen) atoms. The van der Waals surface area contributed by atoms with Crippen molar-refractivity contribution in [1.29, 1.82) is 5.26 Å². The topological polar surface area (TPSA) is 63.0 Å². The van der Waals surface area contributed by atoms with Gasteiger partial charge in [-0.3, -0.25) is 0 Å². The van der Waals surface area contributed by atoms with Crippen LogP contribution in [-0.2, 0) is 0 Å². The van der Waals surface area contributed by atoms with Gasteiger partial charge in [0.25, 0.3) is 0 Å². The fourth-order valence-electron chi connectivity index (χ4n) is 2.51. The third kappa shape index (κ3) is 4.04. The van der Waals surface area contributed by atoms with Crippen molar-refractivity contribution >= 4 is 66.4 Å². The van der Waals surface area contributed by atoms with Gasteiger partial charge in [0.05, 0.1) is 19.6 Å². The van der Waals surface area contributed by atoms with E-state index < -0.39 is 5.97 Å². The predicted octanol–water partition coefficient (Wildman–Crippen LogP) is 6.40. The molecule has 0 N–H and O–H groups in total. The average Bonchev–Trinajstić information content (AvgIpc) is 3.33. The molecule has 4 aromatic rings. The molecule has 0 atom stereocenters. The number of carbonyl (C=O) groups is 1. The Bertz CT molecular complexity index is 1200. The highest BCUT2D eigenvalue weighted by atomic mass is 79.9. The molecule has 2 aromatic heterocycles. The lowest BCUT2D eigenvalue weighted by molar-refractivity contribution is 0.0740. The van der Waals surface area contributed by atoms with Crippen LogP contribution in [0.3, 0.4) is 0 Å². The summed E-state index contributed by atoms with van der Waals surface area (Å²) in [7, 11) is 0. The minimum atomic E-state index is -0.397. The average molecular weight is 467 g/mol. The maximum Gasteiger partial charge on any atom is 0.353 e. The van der Waals surface area contributed by atoms with E-state index in [-0.39, 0.29) is 0 Å². The molecular weight excluding hydrogens is 456 g/mol. The Balaban J connectivity index is 1.54. The van der Waals surface area contributed by atoms with Crippen molar-refractivity contribution in [3.8, 4) is 11.8 Å². The van der Waals surface area contributed by atoms with E-state index >= 15 is 0 Å². The van der Waals surface area contributed by atoms with Gasteiger partial charge in [-0.15, -0.1) is 22.7 Å². The van der Waals surface area contributed by atoms with Crippen molar-refractivity contribution in [1.82, 2.24) is 4.98 Å². The first kappa shape index (κ1) is 18.6. The lowest BCUT2D eigenvalue weighted by atomic mass is 10.1. The lowest BCUT2D eigenvalue weighted by Gasteiger charge is -2.03. The Morgan fingerprint density at radius 1 is 1.07 bits per heavy atom. The minimum absolute atomic E-state index is 0.397. The third-order valence-corrected chi connectivity index (χ3v) is 6.49. The van der Waals surface area contributed by atoms with Crippen LogP contribution in [0.5, 0.6) is 5.75 Å². The Morgan fingerprint density at radius 3 is 2.54 bits per heavy atom. The number of hydrogen-bond acceptors (Lipinski definition) is 6. The highest BCUT2D eigenvalue weighted by Gasteiger charge is 2.12. The fraction of sp³-hybridized carbons (Fsp3) is 0. The fourth-order valence-corrected chi connectivity index (χ4v) is 4.70. The van der Waals surface area contributed by atoms with Crippen LogP contribution in [0.1, 0.15) is 20.2 Å². The summed E-state index contributed by atoms with van der Waals surface area (Å²) in [5.41, 5.74) is 2.20. The SMILES string of the molecule is N#CC(=Cc1ccc(OC(=O)c2ccc(Br)s2)cc1)c1nc2ccccc2s1. The van der Waals surface area contributed by atoms with E-state index in [1.165, 1.54) is 22.7 Å². The zero-order chi connectivity index (χ0) is 19.5. The quantitative estimate of drug-likeness (QED) is 0.198. The lowest BCUT2D eigenvalue weighted by Crippen LogP contribution is -2.06. The van der Waals surface area contributed by atoms with E-state index in [9.17, 15) is 10.1 Å². The van der Waals surface area contributed by atoms with Crippen molar-refractivity contribution in [2.45, 2.75) is 0 Å². The van der Waals surface area contributed by atoms with Crippen LogP contribution in [0.4, 0.5) is 0 Å². The van der Waals surface area contributed by atoms with Gasteiger partial charge in [-0.25, -0.2) is 9.78 Å². The maximum absolute atomic E-state index is 12.1. The zero-order valence-corrected chi connectivity index (χ0v) is 17.5. The number of hydrogen-bond donors (Lipinski definition) is 0. The summed E-state index contributed by atoms with van der Waals surface area (Å²) in [5.74, 6) is 0.0522. The molecule has 7 heteroatoms. The largest absolute Gasteiger partial charge is 0.422 e. The molecule has 0 aliphatic rings. The Kier molecular flexibility index (Phi) is 5.35. The van der Waals surface area contributed by atoms with Gasteiger partial charge in [0.2, 0.25) is 0 Å². The van der Waals surface area contributed by atoms with E-state index in [0.29, 0.717) is 21.2 Å². The molecule has 2 heterocycles. The second kappa shape index (κ2) is 8.07. The molecule has 4 rings (SSSR count). The first-order chi connectivity index (χ1) is 13.6. The third-order valence-electron chi connectivity index (χ3n) is 3.82. The van der Waals surface area contributed by atoms with Gasteiger partial charge in [0, 0.05) is 0 Å². The number of aromatic nitrogens is 1. The van der Waals surface area contributed by atoms with E-state index in [1.807, 2.05) is 24.3 Å². The normalized spacial score (nSPS) is 11.4. The van der Waals surface area contributed by atoms with Gasteiger partial charge in [0.1, 0.15) is 21.7 Å². The molecule has 0 unspecified atom stereocenters. The molecule has 0 saturated heterocycles.